The molecule has 0 N–H and O–H groups in total. The van der Waals surface area contributed by atoms with E-state index < -0.39 is 16.8 Å². The first-order valence-electron chi connectivity index (χ1n) is 7.49. The molecule has 0 bridgehead atoms. The predicted molar refractivity (Wildman–Crippen MR) is 97.7 cm³/mol. The maximum absolute atomic E-state index is 12.4. The largest absolute Gasteiger partial charge is 0.465 e. The number of nitrogens with zero attached hydrogens (tertiary/aromatic N) is 3. The molecule has 2 heterocycles. The number of thiazole rings is 1. The number of carbonyl (C=O) groups is 2. The minimum absolute atomic E-state index is 0.106. The summed E-state index contributed by atoms with van der Waals surface area (Å²) in [4.78, 5) is 39.0. The summed E-state index contributed by atoms with van der Waals surface area (Å²) in [6, 6.07) is 7.81. The lowest BCUT2D eigenvalue weighted by atomic mass is 10.2. The fourth-order valence-corrected chi connectivity index (χ4v) is 4.23. The van der Waals surface area contributed by atoms with E-state index in [4.69, 9.17) is 4.74 Å². The summed E-state index contributed by atoms with van der Waals surface area (Å²) in [5.74, 6) is -0.978. The molecule has 0 spiro atoms. The van der Waals surface area contributed by atoms with Crippen LogP contribution in [0.2, 0.25) is 0 Å². The average Bonchev–Trinajstić information content (AvgIpc) is 3.24. The Kier molecular flexibility index (Phi) is 4.96. The second kappa shape index (κ2) is 7.18. The van der Waals surface area contributed by atoms with Gasteiger partial charge >= 0.3 is 11.0 Å². The molecule has 0 fully saturated rings. The number of fused-ring (bicyclic) bond motifs is 1. The molecule has 0 saturated heterocycles. The molecule has 0 radical (unpaired) electrons. The highest BCUT2D eigenvalue weighted by molar-refractivity contribution is 7.17. The van der Waals surface area contributed by atoms with E-state index in [1.807, 2.05) is 11.5 Å². The Morgan fingerprint density at radius 1 is 1.27 bits per heavy atom. The number of methoxy groups -OCH3 is 1. The minimum Gasteiger partial charge on any atom is -0.465 e. The number of thiophene rings is 1. The Morgan fingerprint density at radius 2 is 2.04 bits per heavy atom. The number of hydrogen-bond acceptors (Lipinski definition) is 7. The van der Waals surface area contributed by atoms with E-state index in [-0.39, 0.29) is 9.88 Å². The third-order valence-corrected chi connectivity index (χ3v) is 5.67. The number of aromatic nitrogens is 1. The molecule has 0 aliphatic carbocycles. The van der Waals surface area contributed by atoms with Crippen LogP contribution in [0.3, 0.4) is 0 Å². The van der Waals surface area contributed by atoms with Gasteiger partial charge in [-0.2, -0.15) is 4.99 Å². The van der Waals surface area contributed by atoms with Gasteiger partial charge in [0.2, 0.25) is 0 Å². The standard InChI is InChI=1S/C16H13N3O5S2/c1-3-18-10-5-4-9(15(21)24-2)8-12(10)26-16(18)17-14(20)11-6-7-13(25-11)19(22)23/h4-8H,3H2,1-2H3. The Hall–Kier alpha value is -2.85. The van der Waals surface area contributed by atoms with Crippen molar-refractivity contribution in [2.75, 3.05) is 7.11 Å². The molecule has 0 unspecified atom stereocenters. The van der Waals surface area contributed by atoms with Gasteiger partial charge in [0.05, 0.1) is 27.8 Å². The van der Waals surface area contributed by atoms with Crippen molar-refractivity contribution in [3.05, 3.63) is 55.7 Å². The summed E-state index contributed by atoms with van der Waals surface area (Å²) in [5, 5.41) is 10.7. The topological polar surface area (TPSA) is 104 Å². The fourth-order valence-electron chi connectivity index (χ4n) is 2.39. The van der Waals surface area contributed by atoms with Crippen LogP contribution in [0.5, 0.6) is 0 Å². The lowest BCUT2D eigenvalue weighted by molar-refractivity contribution is -0.380. The summed E-state index contributed by atoms with van der Waals surface area (Å²) in [5.41, 5.74) is 1.25. The molecule has 3 rings (SSSR count). The molecule has 0 aliphatic heterocycles. The van der Waals surface area contributed by atoms with Gasteiger partial charge in [-0.1, -0.05) is 22.7 Å². The molecule has 0 aliphatic rings. The molecule has 1 aromatic carbocycles. The lowest BCUT2D eigenvalue weighted by Crippen LogP contribution is -2.15. The maximum atomic E-state index is 12.4. The lowest BCUT2D eigenvalue weighted by Gasteiger charge is -2.01. The molecule has 0 saturated carbocycles. The highest BCUT2D eigenvalue weighted by Gasteiger charge is 2.16. The van der Waals surface area contributed by atoms with Gasteiger partial charge < -0.3 is 9.30 Å². The molecule has 10 heteroatoms. The first-order valence-corrected chi connectivity index (χ1v) is 9.13. The maximum Gasteiger partial charge on any atom is 0.337 e. The van der Waals surface area contributed by atoms with Gasteiger partial charge in [0.25, 0.3) is 5.91 Å². The highest BCUT2D eigenvalue weighted by atomic mass is 32.1. The normalized spacial score (nSPS) is 11.7. The van der Waals surface area contributed by atoms with Crippen molar-refractivity contribution in [1.29, 1.82) is 0 Å². The van der Waals surface area contributed by atoms with E-state index in [0.29, 0.717) is 16.9 Å². The van der Waals surface area contributed by atoms with E-state index in [9.17, 15) is 19.7 Å². The van der Waals surface area contributed by atoms with Gasteiger partial charge in [0.15, 0.2) is 4.80 Å². The smallest absolute Gasteiger partial charge is 0.337 e. The Balaban J connectivity index is 2.07. The summed E-state index contributed by atoms with van der Waals surface area (Å²) in [7, 11) is 1.31. The number of aryl methyl sites for hydroxylation is 1. The van der Waals surface area contributed by atoms with Crippen LogP contribution in [0.15, 0.2) is 35.3 Å². The average molecular weight is 391 g/mol. The highest BCUT2D eigenvalue weighted by Crippen LogP contribution is 2.25. The number of hydrogen-bond donors (Lipinski definition) is 0. The molecule has 3 aromatic rings. The van der Waals surface area contributed by atoms with Crippen LogP contribution in [0, 0.1) is 10.1 Å². The molecular weight excluding hydrogens is 378 g/mol. The Morgan fingerprint density at radius 3 is 2.65 bits per heavy atom. The van der Waals surface area contributed by atoms with Gasteiger partial charge in [-0.15, -0.1) is 0 Å². The first-order chi connectivity index (χ1) is 12.4. The van der Waals surface area contributed by atoms with Crippen LogP contribution in [-0.4, -0.2) is 28.5 Å². The molecule has 134 valence electrons. The van der Waals surface area contributed by atoms with Gasteiger partial charge in [0.1, 0.15) is 4.88 Å². The molecule has 2 aromatic heterocycles. The summed E-state index contributed by atoms with van der Waals surface area (Å²) < 4.78 is 7.36. The number of esters is 1. The van der Waals surface area contributed by atoms with Crippen molar-refractivity contribution in [2.45, 2.75) is 13.5 Å². The summed E-state index contributed by atoms with van der Waals surface area (Å²) in [6.07, 6.45) is 0. The zero-order valence-corrected chi connectivity index (χ0v) is 15.4. The number of ether oxygens (including phenoxy) is 1. The van der Waals surface area contributed by atoms with Gasteiger partial charge in [-0.3, -0.25) is 14.9 Å². The van der Waals surface area contributed by atoms with E-state index in [2.05, 4.69) is 4.99 Å². The van der Waals surface area contributed by atoms with Crippen LogP contribution in [-0.2, 0) is 11.3 Å². The van der Waals surface area contributed by atoms with Crippen molar-refractivity contribution in [3.63, 3.8) is 0 Å². The third kappa shape index (κ3) is 3.28. The van der Waals surface area contributed by atoms with Crippen LogP contribution in [0.1, 0.15) is 27.0 Å². The number of benzene rings is 1. The third-order valence-electron chi connectivity index (χ3n) is 3.60. The van der Waals surface area contributed by atoms with Gasteiger partial charge in [-0.05, 0) is 31.2 Å². The quantitative estimate of drug-likeness (QED) is 0.386. The molecule has 1 amide bonds. The van der Waals surface area contributed by atoms with Crippen molar-refractivity contribution in [1.82, 2.24) is 4.57 Å². The van der Waals surface area contributed by atoms with Crippen LogP contribution < -0.4 is 4.80 Å². The van der Waals surface area contributed by atoms with Gasteiger partial charge in [0, 0.05) is 12.6 Å². The van der Waals surface area contributed by atoms with Crippen molar-refractivity contribution in [3.8, 4) is 0 Å². The summed E-state index contributed by atoms with van der Waals surface area (Å²) >= 11 is 2.05. The second-order valence-corrected chi connectivity index (χ2v) is 7.19. The van der Waals surface area contributed by atoms with Crippen molar-refractivity contribution < 1.29 is 19.2 Å². The molecule has 8 nitrogen and oxygen atoms in total. The summed E-state index contributed by atoms with van der Waals surface area (Å²) in [6.45, 7) is 2.49. The molecular formula is C16H13N3O5S2. The van der Waals surface area contributed by atoms with E-state index >= 15 is 0 Å². The van der Waals surface area contributed by atoms with Crippen molar-refractivity contribution in [2.24, 2.45) is 4.99 Å². The van der Waals surface area contributed by atoms with Crippen LogP contribution in [0.4, 0.5) is 5.00 Å². The fraction of sp³-hybridized carbons (Fsp3) is 0.188. The Bertz CT molecular complexity index is 1090. The number of carbonyl (C=O) groups excluding carboxylic acids is 2. The number of nitro groups is 1. The number of amides is 1. The van der Waals surface area contributed by atoms with E-state index in [0.717, 1.165) is 21.6 Å². The van der Waals surface area contributed by atoms with Gasteiger partial charge in [-0.25, -0.2) is 4.79 Å². The molecule has 26 heavy (non-hydrogen) atoms. The van der Waals surface area contributed by atoms with E-state index in [1.165, 1.54) is 30.6 Å². The second-order valence-electron chi connectivity index (χ2n) is 5.11. The van der Waals surface area contributed by atoms with E-state index in [1.54, 1.807) is 18.2 Å². The molecule has 0 atom stereocenters. The first kappa shape index (κ1) is 18.0. The monoisotopic (exact) mass is 391 g/mol. The minimum atomic E-state index is -0.540. The predicted octanol–water partition coefficient (Wildman–Crippen LogP) is 3.22. The van der Waals surface area contributed by atoms with Crippen LogP contribution in [0.25, 0.3) is 10.2 Å². The Labute approximate surface area is 155 Å². The zero-order chi connectivity index (χ0) is 18.8. The zero-order valence-electron chi connectivity index (χ0n) is 13.8. The SMILES string of the molecule is CCn1c(=NC(=O)c2ccc([N+](=O)[O-])s2)sc2cc(C(=O)OC)ccc21. The van der Waals surface area contributed by atoms with Crippen molar-refractivity contribution >= 4 is 49.8 Å². The number of rotatable bonds is 4. The van der Waals surface area contributed by atoms with Crippen LogP contribution >= 0.6 is 22.7 Å².